The van der Waals surface area contributed by atoms with Crippen molar-refractivity contribution in [3.05, 3.63) is 98.1 Å². The Morgan fingerprint density at radius 1 is 0.824 bits per heavy atom. The summed E-state index contributed by atoms with van der Waals surface area (Å²) in [7, 11) is 0. The molecule has 1 heterocycles. The summed E-state index contributed by atoms with van der Waals surface area (Å²) >= 11 is 18.4. The molecule has 3 aromatic carbocycles. The number of imide groups is 1. The van der Waals surface area contributed by atoms with Crippen LogP contribution in [0.5, 0.6) is 0 Å². The molecule has 1 aliphatic heterocycles. The molecule has 34 heavy (non-hydrogen) atoms. The number of benzene rings is 3. The third-order valence-electron chi connectivity index (χ3n) is 5.07. The summed E-state index contributed by atoms with van der Waals surface area (Å²) in [4.78, 5) is 39.4. The number of rotatable bonds is 5. The summed E-state index contributed by atoms with van der Waals surface area (Å²) in [5, 5.41) is 5.68. The van der Waals surface area contributed by atoms with Crippen LogP contribution in [-0.4, -0.2) is 17.7 Å². The molecule has 3 aromatic rings. The number of carbonyl (C=O) groups excluding carboxylic acids is 3. The van der Waals surface area contributed by atoms with Crippen LogP contribution in [0.25, 0.3) is 0 Å². The van der Waals surface area contributed by atoms with E-state index in [0.29, 0.717) is 16.9 Å². The van der Waals surface area contributed by atoms with Crippen LogP contribution in [0.4, 0.5) is 17.1 Å². The lowest BCUT2D eigenvalue weighted by molar-refractivity contribution is -0.120. The maximum Gasteiger partial charge on any atom is 0.283 e. The van der Waals surface area contributed by atoms with Crippen molar-refractivity contribution in [1.29, 1.82) is 0 Å². The molecule has 0 saturated heterocycles. The molecule has 4 rings (SSSR count). The van der Waals surface area contributed by atoms with E-state index in [-0.39, 0.29) is 32.4 Å². The average Bonchev–Trinajstić information content (AvgIpc) is 2.98. The normalized spacial score (nSPS) is 13.5. The highest BCUT2D eigenvalue weighted by Crippen LogP contribution is 2.37. The fourth-order valence-electron chi connectivity index (χ4n) is 3.63. The lowest BCUT2D eigenvalue weighted by atomic mass is 10.1. The second kappa shape index (κ2) is 9.50. The summed E-state index contributed by atoms with van der Waals surface area (Å²) in [6.45, 7) is 3.90. The van der Waals surface area contributed by atoms with Crippen molar-refractivity contribution < 1.29 is 14.4 Å². The van der Waals surface area contributed by atoms with Gasteiger partial charge in [-0.25, -0.2) is 4.90 Å². The smallest absolute Gasteiger partial charge is 0.283 e. The second-order valence-electron chi connectivity index (χ2n) is 7.74. The molecule has 0 bridgehead atoms. The van der Waals surface area contributed by atoms with Gasteiger partial charge in [0.1, 0.15) is 10.7 Å². The first-order chi connectivity index (χ1) is 16.2. The molecule has 0 fully saturated rings. The Kier molecular flexibility index (Phi) is 6.66. The van der Waals surface area contributed by atoms with Gasteiger partial charge in [-0.05, 0) is 67.4 Å². The maximum absolute atomic E-state index is 13.0. The molecule has 0 aromatic heterocycles. The summed E-state index contributed by atoms with van der Waals surface area (Å²) in [5.74, 6) is -1.75. The van der Waals surface area contributed by atoms with E-state index in [0.717, 1.165) is 16.0 Å². The second-order valence-corrected chi connectivity index (χ2v) is 8.91. The highest BCUT2D eigenvalue weighted by molar-refractivity contribution is 6.54. The standard InChI is InChI=1S/C25H18Cl3N3O3/c1-13-9-14(2)11-17(10-13)30-23(32)15-5-3-6-16(12-15)29-22-21(28)24(33)31(25(22)34)19-8-4-7-18(26)20(19)27/h3-12,29H,1-2H3,(H,30,32). The number of anilines is 3. The summed E-state index contributed by atoms with van der Waals surface area (Å²) in [5.41, 5.74) is 3.49. The number of amides is 3. The molecule has 2 N–H and O–H groups in total. The highest BCUT2D eigenvalue weighted by atomic mass is 35.5. The SMILES string of the molecule is Cc1cc(C)cc(NC(=O)c2cccc(NC3=C(Cl)C(=O)N(c4cccc(Cl)c4Cl)C3=O)c2)c1. The van der Waals surface area contributed by atoms with Crippen LogP contribution >= 0.6 is 34.8 Å². The van der Waals surface area contributed by atoms with Gasteiger partial charge in [0.15, 0.2) is 0 Å². The molecule has 0 unspecified atom stereocenters. The lowest BCUT2D eigenvalue weighted by Crippen LogP contribution is -2.32. The van der Waals surface area contributed by atoms with Crippen molar-refractivity contribution in [3.63, 3.8) is 0 Å². The van der Waals surface area contributed by atoms with Crippen molar-refractivity contribution in [1.82, 2.24) is 0 Å². The molecule has 0 saturated carbocycles. The Labute approximate surface area is 211 Å². The zero-order chi connectivity index (χ0) is 24.6. The van der Waals surface area contributed by atoms with E-state index >= 15 is 0 Å². The quantitative estimate of drug-likeness (QED) is 0.392. The van der Waals surface area contributed by atoms with Gasteiger partial charge in [0.2, 0.25) is 0 Å². The van der Waals surface area contributed by atoms with E-state index in [4.69, 9.17) is 34.8 Å². The van der Waals surface area contributed by atoms with E-state index < -0.39 is 11.8 Å². The molecule has 6 nitrogen and oxygen atoms in total. The summed E-state index contributed by atoms with van der Waals surface area (Å²) in [6, 6.07) is 16.9. The highest BCUT2D eigenvalue weighted by Gasteiger charge is 2.40. The molecular formula is C25H18Cl3N3O3. The Bertz CT molecular complexity index is 1360. The van der Waals surface area contributed by atoms with Gasteiger partial charge in [0.05, 0.1) is 15.7 Å². The van der Waals surface area contributed by atoms with E-state index in [1.165, 1.54) is 6.07 Å². The Hall–Kier alpha value is -3.32. The Morgan fingerprint density at radius 3 is 2.21 bits per heavy atom. The van der Waals surface area contributed by atoms with E-state index in [2.05, 4.69) is 10.6 Å². The number of nitrogens with one attached hydrogen (secondary N) is 2. The van der Waals surface area contributed by atoms with Crippen molar-refractivity contribution in [3.8, 4) is 0 Å². The first kappa shape index (κ1) is 23.8. The minimum atomic E-state index is -0.734. The minimum absolute atomic E-state index is 0.0571. The number of halogens is 3. The predicted molar refractivity (Wildman–Crippen MR) is 136 cm³/mol. The zero-order valence-electron chi connectivity index (χ0n) is 18.1. The summed E-state index contributed by atoms with van der Waals surface area (Å²) < 4.78 is 0. The third kappa shape index (κ3) is 4.66. The molecule has 0 aliphatic carbocycles. The molecule has 0 atom stereocenters. The van der Waals surface area contributed by atoms with Gasteiger partial charge in [-0.3, -0.25) is 14.4 Å². The van der Waals surface area contributed by atoms with Gasteiger partial charge < -0.3 is 10.6 Å². The molecule has 9 heteroatoms. The summed E-state index contributed by atoms with van der Waals surface area (Å²) in [6.07, 6.45) is 0. The van der Waals surface area contributed by atoms with Gasteiger partial charge in [-0.15, -0.1) is 0 Å². The maximum atomic E-state index is 13.0. The van der Waals surface area contributed by atoms with Crippen LogP contribution < -0.4 is 15.5 Å². The van der Waals surface area contributed by atoms with E-state index in [1.54, 1.807) is 36.4 Å². The topological polar surface area (TPSA) is 78.5 Å². The molecule has 1 aliphatic rings. The number of carbonyl (C=O) groups is 3. The monoisotopic (exact) mass is 513 g/mol. The van der Waals surface area contributed by atoms with Gasteiger partial charge in [-0.1, -0.05) is 53.0 Å². The number of nitrogens with zero attached hydrogens (tertiary/aromatic N) is 1. The molecule has 0 spiro atoms. The third-order valence-corrected chi connectivity index (χ3v) is 6.23. The first-order valence-electron chi connectivity index (χ1n) is 10.1. The van der Waals surface area contributed by atoms with Crippen molar-refractivity contribution >= 4 is 69.6 Å². The largest absolute Gasteiger partial charge is 0.350 e. The Morgan fingerprint density at radius 2 is 1.50 bits per heavy atom. The molecular weight excluding hydrogens is 497 g/mol. The van der Waals surface area contributed by atoms with Gasteiger partial charge in [-0.2, -0.15) is 0 Å². The van der Waals surface area contributed by atoms with Gasteiger partial charge >= 0.3 is 0 Å². The van der Waals surface area contributed by atoms with Crippen LogP contribution in [0.1, 0.15) is 21.5 Å². The van der Waals surface area contributed by atoms with Crippen molar-refractivity contribution in [2.75, 3.05) is 15.5 Å². The number of hydrogen-bond acceptors (Lipinski definition) is 4. The van der Waals surface area contributed by atoms with Crippen LogP contribution in [0.3, 0.4) is 0 Å². The molecule has 172 valence electrons. The van der Waals surface area contributed by atoms with Crippen LogP contribution in [0.15, 0.2) is 71.4 Å². The van der Waals surface area contributed by atoms with Crippen LogP contribution in [0, 0.1) is 13.8 Å². The van der Waals surface area contributed by atoms with Crippen LogP contribution in [-0.2, 0) is 9.59 Å². The minimum Gasteiger partial charge on any atom is -0.350 e. The fraction of sp³-hybridized carbons (Fsp3) is 0.0800. The lowest BCUT2D eigenvalue weighted by Gasteiger charge is -2.17. The zero-order valence-corrected chi connectivity index (χ0v) is 20.3. The van der Waals surface area contributed by atoms with Gasteiger partial charge in [0, 0.05) is 16.9 Å². The van der Waals surface area contributed by atoms with E-state index in [9.17, 15) is 14.4 Å². The first-order valence-corrected chi connectivity index (χ1v) is 11.3. The predicted octanol–water partition coefficient (Wildman–Crippen LogP) is 6.30. The number of aryl methyl sites for hydroxylation is 2. The van der Waals surface area contributed by atoms with Gasteiger partial charge in [0.25, 0.3) is 17.7 Å². The fourth-order valence-corrected chi connectivity index (χ4v) is 4.22. The number of hydrogen-bond donors (Lipinski definition) is 2. The van der Waals surface area contributed by atoms with Crippen molar-refractivity contribution in [2.45, 2.75) is 13.8 Å². The van der Waals surface area contributed by atoms with Crippen LogP contribution in [0.2, 0.25) is 10.0 Å². The van der Waals surface area contributed by atoms with E-state index in [1.807, 2.05) is 32.0 Å². The molecule has 0 radical (unpaired) electrons. The Balaban J connectivity index is 1.56. The molecule has 3 amide bonds. The average molecular weight is 515 g/mol. The van der Waals surface area contributed by atoms with Crippen molar-refractivity contribution in [2.24, 2.45) is 0 Å².